The largest absolute Gasteiger partial charge is 0.307 e. The molecule has 0 fully saturated rings. The van der Waals surface area contributed by atoms with E-state index in [-0.39, 0.29) is 10.8 Å². The summed E-state index contributed by atoms with van der Waals surface area (Å²) in [6.45, 7) is 9.76. The van der Waals surface area contributed by atoms with Crippen LogP contribution in [0.2, 0.25) is 0 Å². The molecule has 2 aliphatic carbocycles. The van der Waals surface area contributed by atoms with Gasteiger partial charge >= 0.3 is 0 Å². The number of anilines is 3. The Morgan fingerprint density at radius 3 is 1.67 bits per heavy atom. The van der Waals surface area contributed by atoms with Crippen molar-refractivity contribution in [3.8, 4) is 27.9 Å². The van der Waals surface area contributed by atoms with Crippen LogP contribution in [0.5, 0.6) is 0 Å². The maximum atomic E-state index is 2.65. The van der Waals surface area contributed by atoms with Gasteiger partial charge in [-0.2, -0.15) is 0 Å². The molecule has 10 aromatic carbocycles. The van der Waals surface area contributed by atoms with Crippen molar-refractivity contribution in [2.75, 3.05) is 4.90 Å². The monoisotopic (exact) mass is 858 g/mol. The maximum absolute atomic E-state index is 2.65. The van der Waals surface area contributed by atoms with Crippen LogP contribution in [-0.2, 0) is 16.2 Å². The summed E-state index contributed by atoms with van der Waals surface area (Å²) < 4.78 is 2.49. The van der Waals surface area contributed by atoms with Crippen LogP contribution in [0.4, 0.5) is 17.1 Å². The molecule has 13 rings (SSSR count). The second-order valence-corrected chi connectivity index (χ2v) is 19.6. The van der Waals surface area contributed by atoms with Gasteiger partial charge in [0, 0.05) is 33.1 Å². The highest BCUT2D eigenvalue weighted by Crippen LogP contribution is 2.62. The summed E-state index contributed by atoms with van der Waals surface area (Å²) in [7, 11) is 0. The Morgan fingerprint density at radius 1 is 0.388 bits per heavy atom. The van der Waals surface area contributed by atoms with Gasteiger partial charge in [-0.15, -0.1) is 0 Å². The van der Waals surface area contributed by atoms with Gasteiger partial charge in [-0.1, -0.05) is 216 Å². The number of hydrogen-bond acceptors (Lipinski definition) is 1. The minimum atomic E-state index is -0.588. The van der Waals surface area contributed by atoms with E-state index < -0.39 is 5.41 Å². The number of nitrogens with zero attached hydrogens (tertiary/aromatic N) is 2. The molecule has 0 unspecified atom stereocenters. The van der Waals surface area contributed by atoms with Crippen molar-refractivity contribution < 1.29 is 0 Å². The summed E-state index contributed by atoms with van der Waals surface area (Å²) >= 11 is 0. The van der Waals surface area contributed by atoms with Crippen molar-refractivity contribution in [3.63, 3.8) is 0 Å². The zero-order valence-corrected chi connectivity index (χ0v) is 38.3. The first-order valence-corrected chi connectivity index (χ1v) is 23.7. The van der Waals surface area contributed by atoms with Crippen LogP contribution in [0, 0.1) is 0 Å². The van der Waals surface area contributed by atoms with Gasteiger partial charge in [0.15, 0.2) is 0 Å². The normalized spacial score (nSPS) is 14.9. The smallest absolute Gasteiger partial charge is 0.0782 e. The van der Waals surface area contributed by atoms with Crippen LogP contribution in [0.3, 0.4) is 0 Å². The van der Waals surface area contributed by atoms with Crippen LogP contribution in [0.15, 0.2) is 231 Å². The molecule has 1 aromatic heterocycles. The molecule has 67 heavy (non-hydrogen) atoms. The first-order valence-electron chi connectivity index (χ1n) is 23.7. The topological polar surface area (TPSA) is 8.17 Å². The summed E-state index contributed by atoms with van der Waals surface area (Å²) in [5, 5.41) is 4.86. The summed E-state index contributed by atoms with van der Waals surface area (Å²) in [6, 6.07) is 86.4. The first-order chi connectivity index (χ1) is 32.8. The predicted octanol–water partition coefficient (Wildman–Crippen LogP) is 17.0. The lowest BCUT2D eigenvalue weighted by atomic mass is 9.55. The second kappa shape index (κ2) is 14.5. The highest BCUT2D eigenvalue weighted by atomic mass is 15.2. The molecule has 0 bridgehead atoms. The third-order valence-corrected chi connectivity index (χ3v) is 16.0. The van der Waals surface area contributed by atoms with Crippen molar-refractivity contribution in [2.45, 2.75) is 43.9 Å². The molecule has 0 saturated carbocycles. The number of fused-ring (bicyclic) bond motifs is 10. The van der Waals surface area contributed by atoms with E-state index in [2.05, 4.69) is 268 Å². The third kappa shape index (κ3) is 5.39. The number of aromatic nitrogens is 1. The van der Waals surface area contributed by atoms with Crippen molar-refractivity contribution in [2.24, 2.45) is 0 Å². The molecule has 11 aromatic rings. The molecule has 0 aliphatic heterocycles. The lowest BCUT2D eigenvalue weighted by Gasteiger charge is -2.48. The fraction of sp³-hybridized carbons (Fsp3) is 0.108. The van der Waals surface area contributed by atoms with E-state index in [1.54, 1.807) is 0 Å². The predicted molar refractivity (Wildman–Crippen MR) is 282 cm³/mol. The van der Waals surface area contributed by atoms with Gasteiger partial charge in [-0.25, -0.2) is 0 Å². The first kappa shape index (κ1) is 39.4. The van der Waals surface area contributed by atoms with Crippen molar-refractivity contribution in [3.05, 3.63) is 264 Å². The van der Waals surface area contributed by atoms with Gasteiger partial charge in [0.25, 0.3) is 0 Å². The average Bonchev–Trinajstić information content (AvgIpc) is 3.88. The molecule has 2 aliphatic rings. The van der Waals surface area contributed by atoms with Gasteiger partial charge in [0.1, 0.15) is 0 Å². The van der Waals surface area contributed by atoms with Gasteiger partial charge in [0.2, 0.25) is 0 Å². The summed E-state index contributed by atoms with van der Waals surface area (Å²) in [5.74, 6) is 0. The molecular weight excluding hydrogens is 809 g/mol. The molecule has 0 N–H and O–H groups in total. The second-order valence-electron chi connectivity index (χ2n) is 19.6. The van der Waals surface area contributed by atoms with Crippen molar-refractivity contribution in [1.29, 1.82) is 0 Å². The number of benzene rings is 10. The molecule has 2 nitrogen and oxygen atoms in total. The quantitative estimate of drug-likeness (QED) is 0.162. The molecule has 320 valence electrons. The highest BCUT2D eigenvalue weighted by Gasteiger charge is 2.49. The molecule has 0 saturated heterocycles. The number of rotatable bonds is 6. The van der Waals surface area contributed by atoms with E-state index >= 15 is 0 Å². The van der Waals surface area contributed by atoms with Gasteiger partial charge < -0.3 is 9.47 Å². The molecule has 0 amide bonds. The lowest BCUT2D eigenvalue weighted by molar-refractivity contribution is 0.299. The summed E-state index contributed by atoms with van der Waals surface area (Å²) in [5.41, 5.74) is 19.0. The Labute approximate surface area is 393 Å². The fourth-order valence-corrected chi connectivity index (χ4v) is 12.2. The van der Waals surface area contributed by atoms with E-state index in [1.165, 1.54) is 93.9 Å². The van der Waals surface area contributed by atoms with Crippen LogP contribution in [0.25, 0.3) is 60.5 Å². The molecule has 0 spiro atoms. The third-order valence-electron chi connectivity index (χ3n) is 16.0. The van der Waals surface area contributed by atoms with Crippen LogP contribution in [0.1, 0.15) is 61.1 Å². The SMILES string of the molecule is CC1(C)c2ccccc2-c2ccc(N(c3c4c(cc5ccccc35)C(c3ccccc3)(c3ccccc3)c3ccccc3-4)c3cccc4c5ccccc5n(-c5ccccc5)c34)cc2C1(C)C. The van der Waals surface area contributed by atoms with Crippen molar-refractivity contribution in [1.82, 2.24) is 4.57 Å². The van der Waals surface area contributed by atoms with Crippen LogP contribution in [-0.4, -0.2) is 4.57 Å². The maximum Gasteiger partial charge on any atom is 0.0782 e. The van der Waals surface area contributed by atoms with Crippen LogP contribution < -0.4 is 4.90 Å². The Bertz CT molecular complexity index is 3700. The van der Waals surface area contributed by atoms with Gasteiger partial charge in [-0.3, -0.25) is 0 Å². The van der Waals surface area contributed by atoms with Crippen molar-refractivity contribution >= 4 is 49.6 Å². The average molecular weight is 859 g/mol. The van der Waals surface area contributed by atoms with E-state index in [1.807, 2.05) is 0 Å². The molecule has 2 heteroatoms. The summed E-state index contributed by atoms with van der Waals surface area (Å²) in [4.78, 5) is 2.65. The van der Waals surface area contributed by atoms with Crippen LogP contribution >= 0.6 is 0 Å². The number of hydrogen-bond donors (Lipinski definition) is 0. The lowest BCUT2D eigenvalue weighted by Crippen LogP contribution is -2.43. The van der Waals surface area contributed by atoms with Gasteiger partial charge in [0.05, 0.1) is 27.8 Å². The summed E-state index contributed by atoms with van der Waals surface area (Å²) in [6.07, 6.45) is 0. The molecule has 1 heterocycles. The zero-order chi connectivity index (χ0) is 45.1. The minimum absolute atomic E-state index is 0.135. The Morgan fingerprint density at radius 2 is 0.940 bits per heavy atom. The Balaban J connectivity index is 1.23. The van der Waals surface area contributed by atoms with E-state index in [0.29, 0.717) is 0 Å². The Kier molecular flexibility index (Phi) is 8.55. The number of para-hydroxylation sites is 3. The standard InChI is InChI=1S/C65H50N2/c1-63(2)54-35-19-16-31-49(54)50-40-39-47(42-56(50)64(63,3)4)67(59-38-22-34-52-51-32-18-21-37-58(51)66(61(52)59)46-28-12-7-13-29-46)62-48-30-15-14-23-43(48)41-57-60(62)53-33-17-20-36-55(53)65(57,44-24-8-5-9-25-44)45-26-10-6-11-27-45/h5-42H,1-4H3. The minimum Gasteiger partial charge on any atom is -0.307 e. The fourth-order valence-electron chi connectivity index (χ4n) is 12.2. The zero-order valence-electron chi connectivity index (χ0n) is 38.3. The molecular formula is C65H50N2. The van der Waals surface area contributed by atoms with E-state index in [9.17, 15) is 0 Å². The molecule has 0 radical (unpaired) electrons. The van der Waals surface area contributed by atoms with E-state index in [4.69, 9.17) is 0 Å². The van der Waals surface area contributed by atoms with Gasteiger partial charge in [-0.05, 0) is 109 Å². The highest BCUT2D eigenvalue weighted by molar-refractivity contribution is 6.17. The molecule has 0 atom stereocenters. The Hall–Kier alpha value is -7.94. The van der Waals surface area contributed by atoms with E-state index in [0.717, 1.165) is 17.1 Å².